The van der Waals surface area contributed by atoms with Crippen molar-refractivity contribution in [3.8, 4) is 11.3 Å². The van der Waals surface area contributed by atoms with Gasteiger partial charge in [-0.25, -0.2) is 4.79 Å². The third-order valence-electron chi connectivity index (χ3n) is 4.52. The first-order valence-electron chi connectivity index (χ1n) is 8.52. The van der Waals surface area contributed by atoms with Gasteiger partial charge in [0.05, 0.1) is 10.9 Å². The molecule has 0 aliphatic carbocycles. The van der Waals surface area contributed by atoms with Gasteiger partial charge in [0.25, 0.3) is 0 Å². The minimum atomic E-state index is -0.222. The minimum Gasteiger partial charge on any atom is -0.385 e. The Balaban J connectivity index is 2.07. The molecule has 0 saturated heterocycles. The highest BCUT2D eigenvalue weighted by Gasteiger charge is 2.29. The molecule has 1 aromatic heterocycles. The van der Waals surface area contributed by atoms with Gasteiger partial charge in [0.1, 0.15) is 6.61 Å². The first-order valence-corrected chi connectivity index (χ1v) is 8.52. The normalized spacial score (nSPS) is 10.8. The van der Waals surface area contributed by atoms with Gasteiger partial charge in [0, 0.05) is 11.6 Å². The number of benzene rings is 3. The van der Waals surface area contributed by atoms with Gasteiger partial charge in [0.15, 0.2) is 0 Å². The molecule has 0 unspecified atom stereocenters. The monoisotopic (exact) mass is 340 g/mol. The smallest absolute Gasteiger partial charge is 0.385 e. The molecule has 0 aliphatic heterocycles. The Bertz CT molecular complexity index is 1070. The standard InChI is InChI=1S/C23H18NO2/c25-16-22-20-14-8-7-13-19(20)15-21(17-9-3-1-4-10-17)24(22)23(26)18-11-5-2-6-12-18/h1-15,25H,16H2/q+1. The summed E-state index contributed by atoms with van der Waals surface area (Å²) < 4.78 is 1.63. The van der Waals surface area contributed by atoms with Gasteiger partial charge in [-0.3, -0.25) is 0 Å². The molecule has 3 nitrogen and oxygen atoms in total. The van der Waals surface area contributed by atoms with Crippen molar-refractivity contribution in [3.05, 3.63) is 102 Å². The molecule has 0 aliphatic rings. The van der Waals surface area contributed by atoms with Crippen molar-refractivity contribution < 1.29 is 14.5 Å². The van der Waals surface area contributed by atoms with Gasteiger partial charge in [-0.05, 0) is 35.7 Å². The summed E-state index contributed by atoms with van der Waals surface area (Å²) in [7, 11) is 0. The van der Waals surface area contributed by atoms with Gasteiger partial charge >= 0.3 is 5.91 Å². The summed E-state index contributed by atoms with van der Waals surface area (Å²) in [5, 5.41) is 12.0. The number of carbonyl (C=O) groups is 1. The van der Waals surface area contributed by atoms with Crippen molar-refractivity contribution in [2.45, 2.75) is 6.61 Å². The predicted molar refractivity (Wildman–Crippen MR) is 102 cm³/mol. The second kappa shape index (κ2) is 6.90. The summed E-state index contributed by atoms with van der Waals surface area (Å²) in [6, 6.07) is 28.7. The largest absolute Gasteiger partial charge is 0.425 e. The number of aromatic nitrogens is 1. The first-order chi connectivity index (χ1) is 12.8. The highest BCUT2D eigenvalue weighted by atomic mass is 16.3. The van der Waals surface area contributed by atoms with Crippen LogP contribution in [0.25, 0.3) is 22.0 Å². The maximum Gasteiger partial charge on any atom is 0.425 e. The molecule has 0 radical (unpaired) electrons. The van der Waals surface area contributed by atoms with E-state index in [1.807, 2.05) is 78.9 Å². The van der Waals surface area contributed by atoms with E-state index in [-0.39, 0.29) is 12.5 Å². The van der Waals surface area contributed by atoms with Crippen molar-refractivity contribution in [1.82, 2.24) is 0 Å². The Morgan fingerprint density at radius 1 is 0.808 bits per heavy atom. The number of hydrogen-bond acceptors (Lipinski definition) is 2. The average Bonchev–Trinajstić information content (AvgIpc) is 2.73. The maximum atomic E-state index is 13.3. The Hall–Kier alpha value is -3.30. The number of hydrogen-bond donors (Lipinski definition) is 1. The molecule has 0 spiro atoms. The third-order valence-corrected chi connectivity index (χ3v) is 4.52. The molecule has 0 saturated carbocycles. The van der Waals surface area contributed by atoms with E-state index in [4.69, 9.17) is 0 Å². The van der Waals surface area contributed by atoms with Crippen molar-refractivity contribution in [1.29, 1.82) is 0 Å². The lowest BCUT2D eigenvalue weighted by molar-refractivity contribution is -0.568. The van der Waals surface area contributed by atoms with E-state index in [1.165, 1.54) is 0 Å². The molecule has 1 N–H and O–H groups in total. The van der Waals surface area contributed by atoms with E-state index in [9.17, 15) is 9.90 Å². The minimum absolute atomic E-state index is 0.153. The van der Waals surface area contributed by atoms with E-state index in [0.29, 0.717) is 11.3 Å². The number of nitrogens with zero attached hydrogens (tertiary/aromatic N) is 1. The van der Waals surface area contributed by atoms with Gasteiger partial charge in [-0.1, -0.05) is 54.6 Å². The van der Waals surface area contributed by atoms with Crippen molar-refractivity contribution in [2.24, 2.45) is 0 Å². The Labute approximate surface area is 151 Å². The highest BCUT2D eigenvalue weighted by Crippen LogP contribution is 2.24. The fourth-order valence-electron chi connectivity index (χ4n) is 3.28. The van der Waals surface area contributed by atoms with E-state index in [0.717, 1.165) is 22.0 Å². The fraction of sp³-hybridized carbons (Fsp3) is 0.0435. The van der Waals surface area contributed by atoms with E-state index < -0.39 is 0 Å². The Morgan fingerprint density at radius 2 is 1.42 bits per heavy atom. The van der Waals surface area contributed by atoms with Crippen LogP contribution < -0.4 is 4.57 Å². The molecule has 1 heterocycles. The lowest BCUT2D eigenvalue weighted by Crippen LogP contribution is -2.48. The number of aliphatic hydroxyl groups is 1. The summed E-state index contributed by atoms with van der Waals surface area (Å²) in [5.74, 6) is -0.153. The van der Waals surface area contributed by atoms with E-state index in [1.54, 1.807) is 16.7 Å². The van der Waals surface area contributed by atoms with Crippen LogP contribution in [0.15, 0.2) is 91.0 Å². The maximum absolute atomic E-state index is 13.3. The van der Waals surface area contributed by atoms with Crippen molar-refractivity contribution in [2.75, 3.05) is 0 Å². The number of carbonyl (C=O) groups excluding carboxylic acids is 1. The molecule has 0 amide bonds. The first kappa shape index (κ1) is 16.2. The number of pyridine rings is 1. The molecular formula is C23H18NO2+. The second-order valence-electron chi connectivity index (χ2n) is 6.09. The zero-order valence-electron chi connectivity index (χ0n) is 14.2. The number of fused-ring (bicyclic) bond motifs is 1. The Morgan fingerprint density at radius 3 is 2.12 bits per heavy atom. The summed E-state index contributed by atoms with van der Waals surface area (Å²) in [4.78, 5) is 13.3. The predicted octanol–water partition coefficient (Wildman–Crippen LogP) is 3.98. The molecule has 0 fully saturated rings. The van der Waals surface area contributed by atoms with E-state index in [2.05, 4.69) is 0 Å². The van der Waals surface area contributed by atoms with Crippen LogP contribution in [0.1, 0.15) is 16.1 Å². The summed E-state index contributed by atoms with van der Waals surface area (Å²) in [6.07, 6.45) is 0. The van der Waals surface area contributed by atoms with Crippen LogP contribution in [0.4, 0.5) is 0 Å². The van der Waals surface area contributed by atoms with E-state index >= 15 is 0 Å². The zero-order valence-corrected chi connectivity index (χ0v) is 14.2. The summed E-state index contributed by atoms with van der Waals surface area (Å²) in [5.41, 5.74) is 2.87. The van der Waals surface area contributed by atoms with Crippen LogP contribution >= 0.6 is 0 Å². The third kappa shape index (κ3) is 2.79. The van der Waals surface area contributed by atoms with Gasteiger partial charge in [-0.15, -0.1) is 4.57 Å². The van der Waals surface area contributed by atoms with Crippen molar-refractivity contribution >= 4 is 16.7 Å². The highest BCUT2D eigenvalue weighted by molar-refractivity contribution is 5.92. The SMILES string of the molecule is O=C(c1ccccc1)[n+]1c(-c2ccccc2)cc2ccccc2c1CO. The van der Waals surface area contributed by atoms with Gasteiger partial charge < -0.3 is 5.11 Å². The fourth-order valence-corrected chi connectivity index (χ4v) is 3.28. The molecule has 3 heteroatoms. The molecule has 3 aromatic carbocycles. The van der Waals surface area contributed by atoms with Crippen LogP contribution in [0.3, 0.4) is 0 Å². The van der Waals surface area contributed by atoms with Crippen molar-refractivity contribution in [3.63, 3.8) is 0 Å². The van der Waals surface area contributed by atoms with Gasteiger partial charge in [0.2, 0.25) is 11.4 Å². The lowest BCUT2D eigenvalue weighted by Gasteiger charge is -2.10. The number of aliphatic hydroxyl groups excluding tert-OH is 1. The molecule has 4 aromatic rings. The lowest BCUT2D eigenvalue weighted by atomic mass is 10.0. The molecule has 0 bridgehead atoms. The van der Waals surface area contributed by atoms with Crippen LogP contribution in [-0.4, -0.2) is 11.0 Å². The number of rotatable bonds is 3. The second-order valence-corrected chi connectivity index (χ2v) is 6.09. The Kier molecular flexibility index (Phi) is 4.30. The molecule has 4 rings (SSSR count). The topological polar surface area (TPSA) is 41.2 Å². The molecular weight excluding hydrogens is 322 g/mol. The average molecular weight is 340 g/mol. The quantitative estimate of drug-likeness (QED) is 0.573. The summed E-state index contributed by atoms with van der Waals surface area (Å²) in [6.45, 7) is -0.222. The molecule has 0 atom stereocenters. The zero-order chi connectivity index (χ0) is 17.9. The van der Waals surface area contributed by atoms with Crippen LogP contribution in [0, 0.1) is 0 Å². The molecule has 126 valence electrons. The molecule has 26 heavy (non-hydrogen) atoms. The van der Waals surface area contributed by atoms with Gasteiger partial charge in [-0.2, -0.15) is 0 Å². The van der Waals surface area contributed by atoms with Crippen LogP contribution in [0.5, 0.6) is 0 Å². The summed E-state index contributed by atoms with van der Waals surface area (Å²) >= 11 is 0. The van der Waals surface area contributed by atoms with Crippen LogP contribution in [0.2, 0.25) is 0 Å². The van der Waals surface area contributed by atoms with Crippen LogP contribution in [-0.2, 0) is 6.61 Å².